The minimum atomic E-state index is -0.358. The number of benzene rings is 2. The van der Waals surface area contributed by atoms with Crippen molar-refractivity contribution in [1.29, 1.82) is 0 Å². The normalized spacial score (nSPS) is 22.3. The van der Waals surface area contributed by atoms with Gasteiger partial charge >= 0.3 is 0 Å². The highest BCUT2D eigenvalue weighted by molar-refractivity contribution is 5.79. The van der Waals surface area contributed by atoms with Crippen molar-refractivity contribution >= 4 is 5.91 Å². The van der Waals surface area contributed by atoms with Crippen LogP contribution in [0.4, 0.5) is 4.39 Å². The number of amides is 1. The van der Waals surface area contributed by atoms with Gasteiger partial charge in [-0.2, -0.15) is 0 Å². The fourth-order valence-corrected chi connectivity index (χ4v) is 4.68. The maximum atomic E-state index is 13.7. The molecule has 31 heavy (non-hydrogen) atoms. The molecule has 0 spiro atoms. The van der Waals surface area contributed by atoms with Crippen molar-refractivity contribution in [2.24, 2.45) is 0 Å². The van der Waals surface area contributed by atoms with E-state index in [4.69, 9.17) is 4.74 Å². The third kappa shape index (κ3) is 5.08. The smallest absolute Gasteiger partial charge is 0.227 e. The molecule has 2 aromatic rings. The Balaban J connectivity index is 1.29. The lowest BCUT2D eigenvalue weighted by molar-refractivity contribution is -0.140. The third-order valence-corrected chi connectivity index (χ3v) is 6.61. The predicted octanol–water partition coefficient (Wildman–Crippen LogP) is 3.57. The number of ether oxygens (including phenoxy) is 1. The number of methoxy groups -OCH3 is 1. The molecule has 2 aliphatic rings. The monoisotopic (exact) mass is 426 g/mol. The lowest BCUT2D eigenvalue weighted by Crippen LogP contribution is -2.53. The molecule has 1 aliphatic heterocycles. The number of carbonyl (C=O) groups excluding carboxylic acids is 1. The molecule has 1 saturated carbocycles. The summed E-state index contributed by atoms with van der Waals surface area (Å²) in [4.78, 5) is 13.9. The molecule has 0 aromatic heterocycles. The molecule has 1 saturated heterocycles. The molecule has 2 aromatic carbocycles. The van der Waals surface area contributed by atoms with E-state index in [9.17, 15) is 14.3 Å². The van der Waals surface area contributed by atoms with Gasteiger partial charge in [-0.25, -0.2) is 4.39 Å². The third-order valence-electron chi connectivity index (χ3n) is 6.61. The number of hydrogen-bond donors (Lipinski definition) is 2. The molecule has 2 fully saturated rings. The number of aliphatic hydroxyl groups is 1. The highest BCUT2D eigenvalue weighted by atomic mass is 19.1. The molecule has 1 unspecified atom stereocenters. The van der Waals surface area contributed by atoms with Gasteiger partial charge in [0.2, 0.25) is 5.91 Å². The van der Waals surface area contributed by atoms with Crippen LogP contribution in [-0.2, 0) is 11.2 Å². The zero-order chi connectivity index (χ0) is 22.0. The molecule has 6 heteroatoms. The van der Waals surface area contributed by atoms with Crippen LogP contribution in [0.2, 0.25) is 0 Å². The van der Waals surface area contributed by atoms with E-state index in [2.05, 4.69) is 36.5 Å². The minimum absolute atomic E-state index is 0.0783. The first-order valence-corrected chi connectivity index (χ1v) is 11.1. The van der Waals surface area contributed by atoms with E-state index in [0.29, 0.717) is 31.5 Å². The topological polar surface area (TPSA) is 61.8 Å². The zero-order valence-electron chi connectivity index (χ0n) is 18.2. The Kier molecular flexibility index (Phi) is 6.58. The van der Waals surface area contributed by atoms with E-state index in [1.54, 1.807) is 11.0 Å². The molecule has 3 atom stereocenters. The van der Waals surface area contributed by atoms with Crippen molar-refractivity contribution in [3.63, 3.8) is 0 Å². The van der Waals surface area contributed by atoms with Crippen LogP contribution >= 0.6 is 0 Å². The Morgan fingerprint density at radius 1 is 1.23 bits per heavy atom. The van der Waals surface area contributed by atoms with Gasteiger partial charge in [-0.3, -0.25) is 4.79 Å². The van der Waals surface area contributed by atoms with Crippen LogP contribution in [0.5, 0.6) is 5.75 Å². The van der Waals surface area contributed by atoms with Gasteiger partial charge in [0, 0.05) is 25.2 Å². The Hall–Kier alpha value is -2.44. The highest BCUT2D eigenvalue weighted by Gasteiger charge is 2.29. The number of β-amino-alcohol motifs (C(OH)–C–C–N with tert-alkyl or cyclic N) is 1. The van der Waals surface area contributed by atoms with E-state index >= 15 is 0 Å². The average molecular weight is 427 g/mol. The summed E-state index contributed by atoms with van der Waals surface area (Å²) in [6.45, 7) is 3.01. The van der Waals surface area contributed by atoms with Crippen molar-refractivity contribution < 1.29 is 19.0 Å². The lowest BCUT2D eigenvalue weighted by Gasteiger charge is -2.35. The Morgan fingerprint density at radius 2 is 1.97 bits per heavy atom. The number of hydrogen-bond acceptors (Lipinski definition) is 4. The summed E-state index contributed by atoms with van der Waals surface area (Å²) < 4.78 is 18.8. The number of carbonyl (C=O) groups is 1. The molecule has 1 aliphatic carbocycles. The summed E-state index contributed by atoms with van der Waals surface area (Å²) in [6, 6.07) is 14.0. The van der Waals surface area contributed by atoms with Crippen molar-refractivity contribution in [2.75, 3.05) is 20.2 Å². The second kappa shape index (κ2) is 9.37. The Morgan fingerprint density at radius 3 is 2.65 bits per heavy atom. The van der Waals surface area contributed by atoms with Crippen molar-refractivity contribution in [2.45, 2.75) is 56.7 Å². The van der Waals surface area contributed by atoms with Gasteiger partial charge in [0.25, 0.3) is 0 Å². The maximum Gasteiger partial charge on any atom is 0.227 e. The van der Waals surface area contributed by atoms with Gasteiger partial charge in [0.05, 0.1) is 19.6 Å². The van der Waals surface area contributed by atoms with E-state index in [1.165, 1.54) is 18.7 Å². The molecular weight excluding hydrogens is 395 g/mol. The molecule has 4 rings (SSSR count). The summed E-state index contributed by atoms with van der Waals surface area (Å²) in [5.74, 6) is 0.517. The number of likely N-dealkylation sites (tertiary alicyclic amines) is 1. The van der Waals surface area contributed by atoms with Crippen LogP contribution in [0, 0.1) is 5.82 Å². The van der Waals surface area contributed by atoms with Gasteiger partial charge in [0.1, 0.15) is 0 Å². The van der Waals surface area contributed by atoms with Gasteiger partial charge in [-0.1, -0.05) is 30.3 Å². The number of halogens is 1. The fraction of sp³-hybridized carbons (Fsp3) is 0.480. The first-order valence-electron chi connectivity index (χ1n) is 11.1. The summed E-state index contributed by atoms with van der Waals surface area (Å²) in [5.41, 5.74) is 3.35. The summed E-state index contributed by atoms with van der Waals surface area (Å²) in [5, 5.41) is 13.0. The highest BCUT2D eigenvalue weighted by Crippen LogP contribution is 2.36. The summed E-state index contributed by atoms with van der Waals surface area (Å²) in [7, 11) is 1.48. The fourth-order valence-electron chi connectivity index (χ4n) is 4.68. The molecule has 166 valence electrons. The van der Waals surface area contributed by atoms with Crippen molar-refractivity contribution in [1.82, 2.24) is 10.2 Å². The lowest BCUT2D eigenvalue weighted by atomic mass is 9.95. The molecule has 0 radical (unpaired) electrons. The molecule has 0 bridgehead atoms. The number of rotatable bonds is 7. The van der Waals surface area contributed by atoms with Crippen LogP contribution in [-0.4, -0.2) is 48.3 Å². The standard InChI is InChI=1S/C25H31FN2O3/c1-16(19-8-10-23(26)24(13-19)31-2)27-21-9-7-20(12-21)18-5-3-17(4-6-18)11-25(30)28-14-22(29)15-28/h3-6,8,10,13,16,20-22,27,29H,7,9,11-12,14-15H2,1-2H3/t16-,20?,21+/m1/s1. The predicted molar refractivity (Wildman–Crippen MR) is 118 cm³/mol. The summed E-state index contributed by atoms with van der Waals surface area (Å²) >= 11 is 0. The van der Waals surface area contributed by atoms with Gasteiger partial charge in [-0.05, 0) is 60.9 Å². The molecule has 5 nitrogen and oxygen atoms in total. The van der Waals surface area contributed by atoms with Gasteiger partial charge in [-0.15, -0.1) is 0 Å². The van der Waals surface area contributed by atoms with Crippen LogP contribution in [0.25, 0.3) is 0 Å². The zero-order valence-corrected chi connectivity index (χ0v) is 18.2. The SMILES string of the molecule is COc1cc([C@@H](C)N[C@H]2CCC(c3ccc(CC(=O)N4CC(O)C4)cc3)C2)ccc1F. The largest absolute Gasteiger partial charge is 0.494 e. The summed E-state index contributed by atoms with van der Waals surface area (Å²) in [6.07, 6.45) is 3.32. The van der Waals surface area contributed by atoms with Crippen LogP contribution in [0.1, 0.15) is 54.8 Å². The van der Waals surface area contributed by atoms with Crippen LogP contribution in [0.3, 0.4) is 0 Å². The number of nitrogens with one attached hydrogen (secondary N) is 1. The van der Waals surface area contributed by atoms with Crippen LogP contribution < -0.4 is 10.1 Å². The van der Waals surface area contributed by atoms with E-state index in [1.807, 2.05) is 6.07 Å². The number of nitrogens with zero attached hydrogens (tertiary/aromatic N) is 1. The number of aliphatic hydroxyl groups excluding tert-OH is 1. The Labute approximate surface area is 183 Å². The van der Waals surface area contributed by atoms with E-state index in [0.717, 1.165) is 30.4 Å². The second-order valence-corrected chi connectivity index (χ2v) is 8.86. The first-order chi connectivity index (χ1) is 14.9. The molecule has 2 N–H and O–H groups in total. The van der Waals surface area contributed by atoms with Crippen molar-refractivity contribution in [3.05, 3.63) is 65.0 Å². The molecule has 1 heterocycles. The second-order valence-electron chi connectivity index (χ2n) is 8.86. The minimum Gasteiger partial charge on any atom is -0.494 e. The van der Waals surface area contributed by atoms with Crippen molar-refractivity contribution in [3.8, 4) is 5.75 Å². The van der Waals surface area contributed by atoms with E-state index < -0.39 is 0 Å². The van der Waals surface area contributed by atoms with Gasteiger partial charge < -0.3 is 20.1 Å². The quantitative estimate of drug-likeness (QED) is 0.711. The molecular formula is C25H31FN2O3. The average Bonchev–Trinajstić information content (AvgIpc) is 3.20. The van der Waals surface area contributed by atoms with E-state index in [-0.39, 0.29) is 29.6 Å². The Bertz CT molecular complexity index is 911. The maximum absolute atomic E-state index is 13.7. The van der Waals surface area contributed by atoms with Gasteiger partial charge in [0.15, 0.2) is 11.6 Å². The first kappa shape index (κ1) is 21.8. The van der Waals surface area contributed by atoms with Crippen LogP contribution in [0.15, 0.2) is 42.5 Å². The molecule has 1 amide bonds.